The van der Waals surface area contributed by atoms with Gasteiger partial charge in [-0.15, -0.1) is 0 Å². The fraction of sp³-hybridized carbons (Fsp3) is 1.00. The Morgan fingerprint density at radius 2 is 1.92 bits per heavy atom. The molecule has 0 aliphatic heterocycles. The Morgan fingerprint density at radius 3 is 2.33 bits per heavy atom. The fourth-order valence-corrected chi connectivity index (χ4v) is 0.548. The van der Waals surface area contributed by atoms with Gasteiger partial charge in [-0.3, -0.25) is 0 Å². The van der Waals surface area contributed by atoms with E-state index >= 15 is 0 Å². The minimum atomic E-state index is -0.166. The zero-order chi connectivity index (χ0) is 9.61. The van der Waals surface area contributed by atoms with Crippen molar-refractivity contribution in [1.29, 1.82) is 0 Å². The van der Waals surface area contributed by atoms with Gasteiger partial charge in [-0.1, -0.05) is 13.8 Å². The Kier molecular flexibility index (Phi) is 5.46. The van der Waals surface area contributed by atoms with Gasteiger partial charge in [0.1, 0.15) is 6.79 Å². The van der Waals surface area contributed by atoms with Gasteiger partial charge in [0.25, 0.3) is 0 Å². The van der Waals surface area contributed by atoms with Crippen LogP contribution in [0.15, 0.2) is 0 Å². The first-order valence-electron chi connectivity index (χ1n) is 4.28. The largest absolute Gasteiger partial charge is 0.396 e. The Labute approximate surface area is 74.7 Å². The van der Waals surface area contributed by atoms with Crippen molar-refractivity contribution in [2.75, 3.05) is 20.0 Å². The molecule has 1 N–H and O–H groups in total. The summed E-state index contributed by atoms with van der Waals surface area (Å²) in [4.78, 5) is 0. The van der Waals surface area contributed by atoms with Crippen molar-refractivity contribution in [1.82, 2.24) is 0 Å². The summed E-state index contributed by atoms with van der Waals surface area (Å²) >= 11 is 0. The van der Waals surface area contributed by atoms with Gasteiger partial charge in [0, 0.05) is 5.41 Å². The number of aliphatic hydroxyl groups excluding tert-OH is 1. The van der Waals surface area contributed by atoms with E-state index in [0.29, 0.717) is 13.4 Å². The topological polar surface area (TPSA) is 38.7 Å². The molecule has 3 heteroatoms. The quantitative estimate of drug-likeness (QED) is 0.491. The maximum Gasteiger partial charge on any atom is 0.147 e. The number of hydrogen-bond donors (Lipinski definition) is 1. The maximum absolute atomic E-state index is 8.88. The normalized spacial score (nSPS) is 12.5. The molecule has 0 aliphatic carbocycles. The molecule has 0 fully saturated rings. The summed E-state index contributed by atoms with van der Waals surface area (Å²) in [5, 5.41) is 8.88. The lowest BCUT2D eigenvalue weighted by Gasteiger charge is -2.21. The molecule has 0 unspecified atom stereocenters. The zero-order valence-electron chi connectivity index (χ0n) is 8.46. The summed E-state index contributed by atoms with van der Waals surface area (Å²) in [6.45, 7) is 8.78. The fourth-order valence-electron chi connectivity index (χ4n) is 0.548. The van der Waals surface area contributed by atoms with Crippen molar-refractivity contribution in [2.24, 2.45) is 5.41 Å². The molecule has 0 aliphatic rings. The summed E-state index contributed by atoms with van der Waals surface area (Å²) < 4.78 is 10.4. The summed E-state index contributed by atoms with van der Waals surface area (Å²) in [6, 6.07) is 0. The average Bonchev–Trinajstić information content (AvgIpc) is 1.98. The number of ether oxygens (including phenoxy) is 2. The summed E-state index contributed by atoms with van der Waals surface area (Å²) in [5.41, 5.74) is -0.166. The molecule has 0 spiro atoms. The lowest BCUT2D eigenvalue weighted by molar-refractivity contribution is -0.103. The molecule has 12 heavy (non-hydrogen) atoms. The van der Waals surface area contributed by atoms with Gasteiger partial charge in [0.15, 0.2) is 0 Å². The SMILES string of the molecule is CC(C)OCOCC(C)(C)CO. The first-order valence-corrected chi connectivity index (χ1v) is 4.28. The van der Waals surface area contributed by atoms with Crippen LogP contribution in [0.4, 0.5) is 0 Å². The van der Waals surface area contributed by atoms with E-state index in [1.807, 2.05) is 27.7 Å². The van der Waals surface area contributed by atoms with Crippen molar-refractivity contribution in [3.05, 3.63) is 0 Å². The average molecular weight is 176 g/mol. The second-order valence-corrected chi connectivity index (χ2v) is 4.00. The minimum absolute atomic E-state index is 0.134. The van der Waals surface area contributed by atoms with Crippen LogP contribution in [0, 0.1) is 5.41 Å². The monoisotopic (exact) mass is 176 g/mol. The molecule has 0 aromatic carbocycles. The molecule has 0 aromatic heterocycles. The van der Waals surface area contributed by atoms with Crippen molar-refractivity contribution < 1.29 is 14.6 Å². The Morgan fingerprint density at radius 1 is 1.33 bits per heavy atom. The van der Waals surface area contributed by atoms with Gasteiger partial charge >= 0.3 is 0 Å². The van der Waals surface area contributed by atoms with Crippen LogP contribution >= 0.6 is 0 Å². The highest BCUT2D eigenvalue weighted by Gasteiger charge is 2.16. The molecule has 0 atom stereocenters. The smallest absolute Gasteiger partial charge is 0.147 e. The van der Waals surface area contributed by atoms with Crippen LogP contribution in [0.5, 0.6) is 0 Å². The van der Waals surface area contributed by atoms with E-state index in [9.17, 15) is 0 Å². The molecule has 0 bridgehead atoms. The molecule has 0 saturated heterocycles. The Bertz CT molecular complexity index is 110. The molecule has 74 valence electrons. The molecular weight excluding hydrogens is 156 g/mol. The van der Waals surface area contributed by atoms with Gasteiger partial charge in [-0.2, -0.15) is 0 Å². The third-order valence-corrected chi connectivity index (χ3v) is 1.41. The molecule has 0 amide bonds. The third kappa shape index (κ3) is 6.58. The first kappa shape index (κ1) is 11.9. The molecule has 0 aromatic rings. The van der Waals surface area contributed by atoms with E-state index in [1.165, 1.54) is 0 Å². The van der Waals surface area contributed by atoms with Crippen LogP contribution in [0.2, 0.25) is 0 Å². The highest BCUT2D eigenvalue weighted by atomic mass is 16.7. The second-order valence-electron chi connectivity index (χ2n) is 4.00. The van der Waals surface area contributed by atoms with Crippen LogP contribution < -0.4 is 0 Å². The van der Waals surface area contributed by atoms with Crippen molar-refractivity contribution in [3.63, 3.8) is 0 Å². The summed E-state index contributed by atoms with van der Waals surface area (Å²) in [6.07, 6.45) is 0.197. The third-order valence-electron chi connectivity index (χ3n) is 1.41. The predicted octanol–water partition coefficient (Wildman–Crippen LogP) is 1.40. The summed E-state index contributed by atoms with van der Waals surface area (Å²) in [5.74, 6) is 0. The van der Waals surface area contributed by atoms with Crippen LogP contribution in [0.1, 0.15) is 27.7 Å². The van der Waals surface area contributed by atoms with E-state index in [0.717, 1.165) is 0 Å². The van der Waals surface area contributed by atoms with Crippen LogP contribution in [-0.4, -0.2) is 31.2 Å². The van der Waals surface area contributed by atoms with Crippen LogP contribution in [0.3, 0.4) is 0 Å². The van der Waals surface area contributed by atoms with Crippen molar-refractivity contribution in [3.8, 4) is 0 Å². The van der Waals surface area contributed by atoms with Crippen molar-refractivity contribution >= 4 is 0 Å². The van der Waals surface area contributed by atoms with E-state index < -0.39 is 0 Å². The van der Waals surface area contributed by atoms with E-state index in [4.69, 9.17) is 14.6 Å². The highest BCUT2D eigenvalue weighted by molar-refractivity contribution is 4.64. The van der Waals surface area contributed by atoms with Gasteiger partial charge in [0.05, 0.1) is 19.3 Å². The van der Waals surface area contributed by atoms with E-state index in [2.05, 4.69) is 0 Å². The van der Waals surface area contributed by atoms with E-state index in [1.54, 1.807) is 0 Å². The van der Waals surface area contributed by atoms with Crippen molar-refractivity contribution in [2.45, 2.75) is 33.8 Å². The zero-order valence-corrected chi connectivity index (χ0v) is 8.46. The number of rotatable bonds is 6. The Hall–Kier alpha value is -0.120. The lowest BCUT2D eigenvalue weighted by atomic mass is 9.97. The van der Waals surface area contributed by atoms with Crippen LogP contribution in [0.25, 0.3) is 0 Å². The molecule has 0 saturated carbocycles. The molecule has 3 nitrogen and oxygen atoms in total. The Balaban J connectivity index is 3.31. The molecule has 0 radical (unpaired) electrons. The predicted molar refractivity (Wildman–Crippen MR) is 47.9 cm³/mol. The maximum atomic E-state index is 8.88. The minimum Gasteiger partial charge on any atom is -0.396 e. The van der Waals surface area contributed by atoms with Gasteiger partial charge < -0.3 is 14.6 Å². The molecule has 0 heterocycles. The van der Waals surface area contributed by atoms with Crippen LogP contribution in [-0.2, 0) is 9.47 Å². The standard InChI is InChI=1S/C9H20O3/c1-8(2)12-7-11-6-9(3,4)5-10/h8,10H,5-7H2,1-4H3. The lowest BCUT2D eigenvalue weighted by Crippen LogP contribution is -2.24. The summed E-state index contributed by atoms with van der Waals surface area (Å²) in [7, 11) is 0. The molecular formula is C9H20O3. The van der Waals surface area contributed by atoms with Gasteiger partial charge in [-0.25, -0.2) is 0 Å². The second kappa shape index (κ2) is 5.51. The first-order chi connectivity index (χ1) is 5.48. The highest BCUT2D eigenvalue weighted by Crippen LogP contribution is 2.13. The number of hydrogen-bond acceptors (Lipinski definition) is 3. The van der Waals surface area contributed by atoms with Gasteiger partial charge in [-0.05, 0) is 13.8 Å². The van der Waals surface area contributed by atoms with Gasteiger partial charge in [0.2, 0.25) is 0 Å². The number of aliphatic hydroxyl groups is 1. The van der Waals surface area contributed by atoms with E-state index in [-0.39, 0.29) is 18.1 Å². The molecule has 0 rings (SSSR count).